The van der Waals surface area contributed by atoms with E-state index in [0.29, 0.717) is 17.4 Å². The number of carbonyl (C=O) groups excluding carboxylic acids is 2. The van der Waals surface area contributed by atoms with Crippen LogP contribution in [0.15, 0.2) is 0 Å². The first kappa shape index (κ1) is 92.0. The second-order valence-corrected chi connectivity index (χ2v) is 32.0. The predicted molar refractivity (Wildman–Crippen MR) is 405 cm³/mol. The highest BCUT2D eigenvalue weighted by Crippen LogP contribution is 2.43. The van der Waals surface area contributed by atoms with E-state index in [9.17, 15) is 19.0 Å². The maximum atomic E-state index is 12.9. The molecule has 9 nitrogen and oxygen atoms in total. The Morgan fingerprint density at radius 2 is 0.484 bits per heavy atom. The second-order valence-electron chi connectivity index (χ2n) is 30.6. The third-order valence-electron chi connectivity index (χ3n) is 19.9. The van der Waals surface area contributed by atoms with Crippen LogP contribution in [0.1, 0.15) is 470 Å². The van der Waals surface area contributed by atoms with E-state index in [4.69, 9.17) is 18.5 Å². The Hall–Kier alpha value is -0.990. The van der Waals surface area contributed by atoms with E-state index in [-0.39, 0.29) is 25.6 Å². The Labute approximate surface area is 582 Å². The van der Waals surface area contributed by atoms with E-state index in [0.717, 1.165) is 38.5 Å². The lowest BCUT2D eigenvalue weighted by molar-refractivity contribution is -0.870. The monoisotopic (exact) mass is 1340 g/mol. The molecule has 0 bridgehead atoms. The van der Waals surface area contributed by atoms with Gasteiger partial charge in [-0.25, -0.2) is 4.57 Å². The first-order valence-electron chi connectivity index (χ1n) is 42.3. The van der Waals surface area contributed by atoms with Gasteiger partial charge in [-0.3, -0.25) is 18.6 Å². The SMILES string of the molecule is CCCCCCCCCCCCCCCCCCCCCCCCCCCCCCCCCCCCCC(=O)OC(COC(=O)CCCCCCCCCCCCCCCCCCCCCCCCCCCCCCCCCCCC)COP(=O)(O)OCC[N+](C)(C)C. The highest BCUT2D eigenvalue weighted by molar-refractivity contribution is 7.47. The highest BCUT2D eigenvalue weighted by atomic mass is 31.2. The number of rotatable bonds is 81. The van der Waals surface area contributed by atoms with Gasteiger partial charge in [0.25, 0.3) is 0 Å². The summed E-state index contributed by atoms with van der Waals surface area (Å²) in [6.45, 7) is 4.55. The molecule has 93 heavy (non-hydrogen) atoms. The summed E-state index contributed by atoms with van der Waals surface area (Å²) in [5, 5.41) is 0. The van der Waals surface area contributed by atoms with Crippen LogP contribution in [-0.2, 0) is 32.7 Å². The lowest BCUT2D eigenvalue weighted by Crippen LogP contribution is -2.37. The van der Waals surface area contributed by atoms with Crippen LogP contribution in [0, 0.1) is 0 Å². The van der Waals surface area contributed by atoms with Crippen LogP contribution in [-0.4, -0.2) is 74.9 Å². The van der Waals surface area contributed by atoms with E-state index >= 15 is 0 Å². The molecule has 0 saturated carbocycles. The first-order valence-corrected chi connectivity index (χ1v) is 43.8. The van der Waals surface area contributed by atoms with E-state index in [1.807, 2.05) is 21.1 Å². The van der Waals surface area contributed by atoms with Gasteiger partial charge in [-0.15, -0.1) is 0 Å². The molecule has 1 N–H and O–H groups in total. The number of ether oxygens (including phenoxy) is 2. The van der Waals surface area contributed by atoms with Gasteiger partial charge >= 0.3 is 19.8 Å². The number of hydrogen-bond donors (Lipinski definition) is 1. The van der Waals surface area contributed by atoms with Crippen LogP contribution in [0.5, 0.6) is 0 Å². The average molecular weight is 1340 g/mol. The number of esters is 2. The molecule has 10 heteroatoms. The van der Waals surface area contributed by atoms with Crippen molar-refractivity contribution < 1.29 is 42.1 Å². The number of quaternary nitrogens is 1. The van der Waals surface area contributed by atoms with Gasteiger partial charge in [-0.1, -0.05) is 444 Å². The number of phosphoric acid groups is 1. The molecular weight excluding hydrogens is 1170 g/mol. The van der Waals surface area contributed by atoms with Gasteiger partial charge in [-0.05, 0) is 12.8 Å². The molecule has 0 heterocycles. The van der Waals surface area contributed by atoms with E-state index in [1.165, 1.54) is 405 Å². The number of likely N-dealkylation sites (N-methyl/N-ethyl adjacent to an activating group) is 1. The van der Waals surface area contributed by atoms with Gasteiger partial charge in [-0.2, -0.15) is 0 Å². The van der Waals surface area contributed by atoms with Crippen LogP contribution in [0.3, 0.4) is 0 Å². The van der Waals surface area contributed by atoms with Crippen molar-refractivity contribution in [1.82, 2.24) is 0 Å². The van der Waals surface area contributed by atoms with Gasteiger partial charge in [0, 0.05) is 12.8 Å². The Balaban J connectivity index is 3.85. The number of nitrogens with zero attached hydrogens (tertiary/aromatic N) is 1. The summed E-state index contributed by atoms with van der Waals surface area (Å²) in [5.41, 5.74) is 0. The van der Waals surface area contributed by atoms with Crippen molar-refractivity contribution in [3.05, 3.63) is 0 Å². The van der Waals surface area contributed by atoms with Gasteiger partial charge in [0.1, 0.15) is 19.8 Å². The standard InChI is InChI=1S/C83H166NO8P/c1-6-8-10-12-14-16-18-20-22-24-26-28-30-32-34-36-38-40-42-44-46-48-50-52-54-56-58-60-62-64-66-68-70-72-74-76-83(86)92-81(80-91-93(87,88)90-78-77-84(3,4)5)79-89-82(85)75-73-71-69-67-65-63-61-59-57-55-53-51-49-47-45-43-41-39-37-35-33-31-29-27-25-23-21-19-17-15-13-11-9-7-2/h81H,6-80H2,1-5H3/p+1. The van der Waals surface area contributed by atoms with Crippen LogP contribution < -0.4 is 0 Å². The van der Waals surface area contributed by atoms with E-state index < -0.39 is 26.5 Å². The molecule has 2 atom stereocenters. The zero-order valence-corrected chi connectivity index (χ0v) is 64.7. The van der Waals surface area contributed by atoms with E-state index in [1.54, 1.807) is 0 Å². The van der Waals surface area contributed by atoms with Crippen LogP contribution in [0.4, 0.5) is 0 Å². The summed E-state index contributed by atoms with van der Waals surface area (Å²) in [4.78, 5) is 36.0. The van der Waals surface area contributed by atoms with Crippen LogP contribution in [0.25, 0.3) is 0 Å². The van der Waals surface area contributed by atoms with Gasteiger partial charge in [0.05, 0.1) is 27.7 Å². The number of unbranched alkanes of at least 4 members (excludes halogenated alkanes) is 67. The quantitative estimate of drug-likeness (QED) is 0.0278. The van der Waals surface area contributed by atoms with Gasteiger partial charge in [0.2, 0.25) is 0 Å². The van der Waals surface area contributed by atoms with Crippen LogP contribution in [0.2, 0.25) is 0 Å². The molecule has 2 unspecified atom stereocenters. The fourth-order valence-corrected chi connectivity index (χ4v) is 14.2. The maximum absolute atomic E-state index is 12.9. The fraction of sp³-hybridized carbons (Fsp3) is 0.976. The smallest absolute Gasteiger partial charge is 0.462 e. The summed E-state index contributed by atoms with van der Waals surface area (Å²) in [6.07, 6.45) is 94.3. The molecule has 556 valence electrons. The minimum atomic E-state index is -4.39. The summed E-state index contributed by atoms with van der Waals surface area (Å²) in [6, 6.07) is 0. The molecule has 0 aromatic rings. The Morgan fingerprint density at radius 1 is 0.290 bits per heavy atom. The highest BCUT2D eigenvalue weighted by Gasteiger charge is 2.27. The van der Waals surface area contributed by atoms with Crippen molar-refractivity contribution in [2.45, 2.75) is 476 Å². The third-order valence-corrected chi connectivity index (χ3v) is 20.9. The normalized spacial score (nSPS) is 12.9. The van der Waals surface area contributed by atoms with Crippen LogP contribution >= 0.6 is 7.82 Å². The molecule has 0 radical (unpaired) electrons. The molecule has 0 spiro atoms. The van der Waals surface area contributed by atoms with Crippen molar-refractivity contribution >= 4 is 19.8 Å². The summed E-state index contributed by atoms with van der Waals surface area (Å²) >= 11 is 0. The van der Waals surface area contributed by atoms with Crippen molar-refractivity contribution in [2.75, 3.05) is 47.5 Å². The summed E-state index contributed by atoms with van der Waals surface area (Å²) < 4.78 is 34.9. The van der Waals surface area contributed by atoms with Crippen molar-refractivity contribution in [1.29, 1.82) is 0 Å². The third kappa shape index (κ3) is 79.9. The van der Waals surface area contributed by atoms with Crippen molar-refractivity contribution in [2.24, 2.45) is 0 Å². The molecule has 0 aromatic heterocycles. The molecular formula is C83H167NO8P+. The number of carbonyl (C=O) groups is 2. The average Bonchev–Trinajstić information content (AvgIpc) is 2.44. The number of phosphoric ester groups is 1. The zero-order valence-electron chi connectivity index (χ0n) is 63.8. The first-order chi connectivity index (χ1) is 45.5. The van der Waals surface area contributed by atoms with E-state index in [2.05, 4.69) is 13.8 Å². The molecule has 0 saturated heterocycles. The molecule has 0 aliphatic heterocycles. The second kappa shape index (κ2) is 75.2. The van der Waals surface area contributed by atoms with Crippen molar-refractivity contribution in [3.63, 3.8) is 0 Å². The molecule has 0 rings (SSSR count). The fourth-order valence-electron chi connectivity index (χ4n) is 13.4. The Kier molecular flexibility index (Phi) is 74.4. The largest absolute Gasteiger partial charge is 0.472 e. The lowest BCUT2D eigenvalue weighted by atomic mass is 10.0. The van der Waals surface area contributed by atoms with Gasteiger partial charge in [0.15, 0.2) is 6.10 Å². The molecule has 0 fully saturated rings. The molecule has 0 aliphatic carbocycles. The summed E-state index contributed by atoms with van der Waals surface area (Å²) in [7, 11) is 1.51. The molecule has 0 aliphatic rings. The Morgan fingerprint density at radius 3 is 0.688 bits per heavy atom. The number of hydrogen-bond acceptors (Lipinski definition) is 7. The lowest BCUT2D eigenvalue weighted by Gasteiger charge is -2.24. The minimum Gasteiger partial charge on any atom is -0.462 e. The van der Waals surface area contributed by atoms with Gasteiger partial charge < -0.3 is 18.9 Å². The minimum absolute atomic E-state index is 0.0379. The predicted octanol–water partition coefficient (Wildman–Crippen LogP) is 28.0. The topological polar surface area (TPSA) is 108 Å². The maximum Gasteiger partial charge on any atom is 0.472 e. The Bertz CT molecular complexity index is 1520. The zero-order chi connectivity index (χ0) is 67.6. The molecule has 0 aromatic carbocycles. The summed E-state index contributed by atoms with van der Waals surface area (Å²) in [5.74, 6) is -0.763. The molecule has 0 amide bonds. The van der Waals surface area contributed by atoms with Crippen molar-refractivity contribution in [3.8, 4) is 0 Å².